The summed E-state index contributed by atoms with van der Waals surface area (Å²) in [7, 11) is 0. The topological polar surface area (TPSA) is 59.9 Å². The SMILES string of the molecule is CCCC(CCO)CN=C(NCC)NCC1CCN(Cc2ccccc2F)CC1.I. The van der Waals surface area contributed by atoms with E-state index in [9.17, 15) is 9.50 Å². The van der Waals surface area contributed by atoms with Crippen molar-refractivity contribution in [2.45, 2.75) is 52.5 Å². The Labute approximate surface area is 198 Å². The molecule has 0 bridgehead atoms. The zero-order valence-electron chi connectivity index (χ0n) is 18.6. The van der Waals surface area contributed by atoms with Crippen LogP contribution in [-0.4, -0.2) is 55.3 Å². The van der Waals surface area contributed by atoms with Crippen LogP contribution in [0, 0.1) is 17.7 Å². The summed E-state index contributed by atoms with van der Waals surface area (Å²) < 4.78 is 13.9. The Morgan fingerprint density at radius 3 is 2.57 bits per heavy atom. The Hall–Kier alpha value is -0.930. The molecular weight excluding hydrogens is 494 g/mol. The Morgan fingerprint density at radius 1 is 1.20 bits per heavy atom. The normalized spacial score (nSPS) is 16.7. The van der Waals surface area contributed by atoms with Gasteiger partial charge in [0.2, 0.25) is 0 Å². The van der Waals surface area contributed by atoms with Crippen molar-refractivity contribution >= 4 is 29.9 Å². The van der Waals surface area contributed by atoms with E-state index < -0.39 is 0 Å². The van der Waals surface area contributed by atoms with Gasteiger partial charge in [0.1, 0.15) is 5.82 Å². The summed E-state index contributed by atoms with van der Waals surface area (Å²) in [6.45, 7) is 9.70. The number of nitrogens with one attached hydrogen (secondary N) is 2. The predicted molar refractivity (Wildman–Crippen MR) is 134 cm³/mol. The lowest BCUT2D eigenvalue weighted by Gasteiger charge is -2.32. The molecule has 2 rings (SSSR count). The van der Waals surface area contributed by atoms with E-state index in [1.54, 1.807) is 12.1 Å². The van der Waals surface area contributed by atoms with Crippen molar-refractivity contribution in [2.75, 3.05) is 39.3 Å². The van der Waals surface area contributed by atoms with Crippen LogP contribution in [-0.2, 0) is 6.54 Å². The molecule has 1 saturated heterocycles. The molecule has 172 valence electrons. The third-order valence-electron chi connectivity index (χ3n) is 5.70. The van der Waals surface area contributed by atoms with Crippen molar-refractivity contribution in [2.24, 2.45) is 16.8 Å². The molecule has 1 heterocycles. The number of halogens is 2. The van der Waals surface area contributed by atoms with Crippen LogP contribution in [0.3, 0.4) is 0 Å². The molecule has 1 unspecified atom stereocenters. The fraction of sp³-hybridized carbons (Fsp3) is 0.696. The molecule has 0 aliphatic carbocycles. The number of likely N-dealkylation sites (tertiary alicyclic amines) is 1. The molecule has 1 aliphatic rings. The van der Waals surface area contributed by atoms with Gasteiger partial charge in [-0.15, -0.1) is 24.0 Å². The molecule has 0 amide bonds. The van der Waals surface area contributed by atoms with E-state index in [2.05, 4.69) is 29.4 Å². The second kappa shape index (κ2) is 15.8. The van der Waals surface area contributed by atoms with Crippen LogP contribution >= 0.6 is 24.0 Å². The van der Waals surface area contributed by atoms with Crippen molar-refractivity contribution < 1.29 is 9.50 Å². The first-order valence-corrected chi connectivity index (χ1v) is 11.2. The van der Waals surface area contributed by atoms with Gasteiger partial charge in [0, 0.05) is 38.3 Å². The van der Waals surface area contributed by atoms with Gasteiger partial charge < -0.3 is 15.7 Å². The number of piperidine rings is 1. The third kappa shape index (κ3) is 9.92. The van der Waals surface area contributed by atoms with Gasteiger partial charge >= 0.3 is 0 Å². The fourth-order valence-corrected chi connectivity index (χ4v) is 3.94. The average Bonchev–Trinajstić information content (AvgIpc) is 2.73. The van der Waals surface area contributed by atoms with E-state index in [1.807, 2.05) is 12.1 Å². The number of rotatable bonds is 11. The molecule has 0 saturated carbocycles. The van der Waals surface area contributed by atoms with Crippen molar-refractivity contribution in [1.82, 2.24) is 15.5 Å². The molecule has 1 aliphatic heterocycles. The summed E-state index contributed by atoms with van der Waals surface area (Å²) >= 11 is 0. The summed E-state index contributed by atoms with van der Waals surface area (Å²) in [6.07, 6.45) is 5.27. The molecule has 30 heavy (non-hydrogen) atoms. The molecule has 1 fully saturated rings. The van der Waals surface area contributed by atoms with Gasteiger partial charge in [0.15, 0.2) is 5.96 Å². The maximum absolute atomic E-state index is 13.9. The zero-order chi connectivity index (χ0) is 20.9. The molecule has 3 N–H and O–H groups in total. The van der Waals surface area contributed by atoms with E-state index in [1.165, 1.54) is 0 Å². The van der Waals surface area contributed by atoms with E-state index in [0.717, 1.165) is 76.4 Å². The molecule has 1 aromatic carbocycles. The zero-order valence-corrected chi connectivity index (χ0v) is 20.9. The highest BCUT2D eigenvalue weighted by atomic mass is 127. The van der Waals surface area contributed by atoms with Gasteiger partial charge in [-0.2, -0.15) is 0 Å². The second-order valence-electron chi connectivity index (χ2n) is 8.08. The van der Waals surface area contributed by atoms with Crippen molar-refractivity contribution in [1.29, 1.82) is 0 Å². The monoisotopic (exact) mass is 534 g/mol. The molecule has 0 spiro atoms. The van der Waals surface area contributed by atoms with Crippen LogP contribution in [0.15, 0.2) is 29.3 Å². The van der Waals surface area contributed by atoms with Gasteiger partial charge in [-0.1, -0.05) is 31.5 Å². The summed E-state index contributed by atoms with van der Waals surface area (Å²) in [5.74, 6) is 1.83. The quantitative estimate of drug-likeness (QED) is 0.228. The van der Waals surface area contributed by atoms with Crippen LogP contribution < -0.4 is 10.6 Å². The van der Waals surface area contributed by atoms with Crippen molar-refractivity contribution in [3.63, 3.8) is 0 Å². The van der Waals surface area contributed by atoms with Crippen LogP contribution in [0.25, 0.3) is 0 Å². The lowest BCUT2D eigenvalue weighted by molar-refractivity contribution is 0.176. The first-order valence-electron chi connectivity index (χ1n) is 11.2. The minimum Gasteiger partial charge on any atom is -0.396 e. The third-order valence-corrected chi connectivity index (χ3v) is 5.70. The number of aliphatic imine (C=N–C) groups is 1. The molecule has 1 aromatic rings. The molecule has 1 atom stereocenters. The minimum atomic E-state index is -0.106. The Kier molecular flexibility index (Phi) is 14.3. The van der Waals surface area contributed by atoms with Crippen molar-refractivity contribution in [3.8, 4) is 0 Å². The van der Waals surface area contributed by atoms with Crippen LogP contribution in [0.5, 0.6) is 0 Å². The number of hydrogen-bond acceptors (Lipinski definition) is 3. The van der Waals surface area contributed by atoms with E-state index in [0.29, 0.717) is 18.4 Å². The maximum atomic E-state index is 13.9. The number of guanidine groups is 1. The standard InChI is InChI=1S/C23H39FN4O.HI/c1-3-7-19(12-15-29)16-26-23(25-4-2)27-17-20-10-13-28(14-11-20)18-21-8-5-6-9-22(21)24;/h5-6,8-9,19-20,29H,3-4,7,10-18H2,1-2H3,(H2,25,26,27);1H. The Balaban J connectivity index is 0.00000450. The molecule has 5 nitrogen and oxygen atoms in total. The summed E-state index contributed by atoms with van der Waals surface area (Å²) in [5, 5.41) is 16.1. The van der Waals surface area contributed by atoms with Gasteiger partial charge in [-0.3, -0.25) is 9.89 Å². The van der Waals surface area contributed by atoms with Crippen LogP contribution in [0.1, 0.15) is 51.5 Å². The molecule has 7 heteroatoms. The second-order valence-corrected chi connectivity index (χ2v) is 8.08. The van der Waals surface area contributed by atoms with Crippen molar-refractivity contribution in [3.05, 3.63) is 35.6 Å². The lowest BCUT2D eigenvalue weighted by atomic mass is 9.96. The number of aliphatic hydroxyl groups excluding tert-OH is 1. The maximum Gasteiger partial charge on any atom is 0.191 e. The number of benzene rings is 1. The predicted octanol–water partition coefficient (Wildman–Crippen LogP) is 4.01. The Morgan fingerprint density at radius 2 is 1.93 bits per heavy atom. The molecule has 0 aromatic heterocycles. The van der Waals surface area contributed by atoms with Crippen LogP contribution in [0.4, 0.5) is 4.39 Å². The molecule has 0 radical (unpaired) electrons. The smallest absolute Gasteiger partial charge is 0.191 e. The van der Waals surface area contributed by atoms with E-state index >= 15 is 0 Å². The van der Waals surface area contributed by atoms with E-state index in [4.69, 9.17) is 4.99 Å². The van der Waals surface area contributed by atoms with E-state index in [-0.39, 0.29) is 36.4 Å². The first kappa shape index (κ1) is 27.1. The summed E-state index contributed by atoms with van der Waals surface area (Å²) in [4.78, 5) is 7.09. The van der Waals surface area contributed by atoms with Gasteiger partial charge in [-0.25, -0.2) is 4.39 Å². The highest BCUT2D eigenvalue weighted by Crippen LogP contribution is 2.19. The van der Waals surface area contributed by atoms with Gasteiger partial charge in [-0.05, 0) is 63.6 Å². The first-order chi connectivity index (χ1) is 14.2. The summed E-state index contributed by atoms with van der Waals surface area (Å²) in [6, 6.07) is 7.07. The fourth-order valence-electron chi connectivity index (χ4n) is 3.94. The summed E-state index contributed by atoms with van der Waals surface area (Å²) in [5.41, 5.74) is 0.787. The highest BCUT2D eigenvalue weighted by Gasteiger charge is 2.20. The van der Waals surface area contributed by atoms with Crippen LogP contribution in [0.2, 0.25) is 0 Å². The van der Waals surface area contributed by atoms with Gasteiger partial charge in [0.25, 0.3) is 0 Å². The van der Waals surface area contributed by atoms with Gasteiger partial charge in [0.05, 0.1) is 0 Å². The number of aliphatic hydroxyl groups is 1. The largest absolute Gasteiger partial charge is 0.396 e. The Bertz CT molecular complexity index is 603. The average molecular weight is 535 g/mol. The number of hydrogen-bond donors (Lipinski definition) is 3. The lowest BCUT2D eigenvalue weighted by Crippen LogP contribution is -2.43. The number of nitrogens with zero attached hydrogens (tertiary/aromatic N) is 2. The minimum absolute atomic E-state index is 0. The molecular formula is C23H40FIN4O. The highest BCUT2D eigenvalue weighted by molar-refractivity contribution is 14.0.